The summed E-state index contributed by atoms with van der Waals surface area (Å²) in [5.41, 5.74) is 0.476. The van der Waals surface area contributed by atoms with Gasteiger partial charge in [0.15, 0.2) is 5.79 Å². The highest BCUT2D eigenvalue weighted by atomic mass is 16.6. The Kier molecular flexibility index (Phi) is 5.25. The number of carbonyl (C=O) groups is 1. The third kappa shape index (κ3) is 2.58. The molecule has 3 fully saturated rings. The number of benzene rings is 1. The first-order valence-corrected chi connectivity index (χ1v) is 11.0. The van der Waals surface area contributed by atoms with Gasteiger partial charge in [-0.2, -0.15) is 0 Å². The van der Waals surface area contributed by atoms with Gasteiger partial charge >= 0.3 is 0 Å². The van der Waals surface area contributed by atoms with Gasteiger partial charge in [0.05, 0.1) is 5.41 Å². The van der Waals surface area contributed by atoms with Crippen molar-refractivity contribution in [2.24, 2.45) is 28.6 Å². The number of aliphatic hydroxyl groups excluding tert-OH is 1. The first-order valence-electron chi connectivity index (χ1n) is 11.0. The van der Waals surface area contributed by atoms with Crippen LogP contribution in [0.1, 0.15) is 51.0 Å². The molecule has 0 radical (unpaired) electrons. The van der Waals surface area contributed by atoms with Gasteiger partial charge in [-0.1, -0.05) is 62.2 Å². The van der Waals surface area contributed by atoms with Crippen LogP contribution in [0.15, 0.2) is 42.5 Å². The lowest BCUT2D eigenvalue weighted by atomic mass is 9.52. The Morgan fingerprint density at radius 1 is 1.24 bits per heavy atom. The van der Waals surface area contributed by atoms with E-state index in [1.807, 2.05) is 30.3 Å². The van der Waals surface area contributed by atoms with Gasteiger partial charge in [0.1, 0.15) is 5.78 Å². The molecule has 0 aromatic heterocycles. The minimum atomic E-state index is -1.59. The molecule has 0 spiro atoms. The number of carbonyl (C=O) groups excluding carboxylic acids is 1. The fourth-order valence-electron chi connectivity index (χ4n) is 7.25. The van der Waals surface area contributed by atoms with E-state index in [4.69, 9.17) is 4.74 Å². The third-order valence-corrected chi connectivity index (χ3v) is 8.68. The predicted molar refractivity (Wildman–Crippen MR) is 112 cm³/mol. The molecular formula is C25H34O4. The van der Waals surface area contributed by atoms with Gasteiger partial charge in [-0.25, -0.2) is 0 Å². The van der Waals surface area contributed by atoms with Gasteiger partial charge in [0.25, 0.3) is 0 Å². The van der Waals surface area contributed by atoms with E-state index in [2.05, 4.69) is 13.5 Å². The van der Waals surface area contributed by atoms with Crippen LogP contribution in [0.2, 0.25) is 0 Å². The Bertz CT molecular complexity index is 783. The highest BCUT2D eigenvalue weighted by molar-refractivity contribution is 5.90. The van der Waals surface area contributed by atoms with Crippen molar-refractivity contribution >= 4 is 5.78 Å². The number of ether oxygens (including phenoxy) is 1. The van der Waals surface area contributed by atoms with Gasteiger partial charge in [-0.15, -0.1) is 0 Å². The maximum Gasteiger partial charge on any atom is 0.185 e. The molecule has 1 aromatic rings. The summed E-state index contributed by atoms with van der Waals surface area (Å²) in [6.07, 6.45) is 5.89. The molecule has 2 N–H and O–H groups in total. The Morgan fingerprint density at radius 3 is 2.48 bits per heavy atom. The lowest BCUT2D eigenvalue weighted by Crippen LogP contribution is -2.57. The smallest absolute Gasteiger partial charge is 0.185 e. The number of Topliss-reactive ketones (excluding diaryl/α,β-unsaturated/α-hetero) is 1. The zero-order valence-electron chi connectivity index (χ0n) is 17.7. The van der Waals surface area contributed by atoms with Crippen LogP contribution < -0.4 is 0 Å². The van der Waals surface area contributed by atoms with Gasteiger partial charge in [-0.3, -0.25) is 4.79 Å². The van der Waals surface area contributed by atoms with Crippen molar-refractivity contribution in [2.75, 3.05) is 13.7 Å². The fourth-order valence-corrected chi connectivity index (χ4v) is 7.25. The summed E-state index contributed by atoms with van der Waals surface area (Å²) in [5.74, 6) is -1.81. The van der Waals surface area contributed by atoms with E-state index in [9.17, 15) is 15.0 Å². The molecule has 0 amide bonds. The van der Waals surface area contributed by atoms with Crippen molar-refractivity contribution in [1.82, 2.24) is 0 Å². The molecule has 0 aliphatic heterocycles. The molecule has 0 unspecified atom stereocenters. The number of aryl methyl sites for hydroxylation is 1. The Hall–Kier alpha value is -1.49. The Balaban J connectivity index is 1.77. The topological polar surface area (TPSA) is 66.8 Å². The fraction of sp³-hybridized carbons (Fsp3) is 0.640. The second-order valence-electron chi connectivity index (χ2n) is 9.55. The maximum atomic E-state index is 14.0. The zero-order chi connectivity index (χ0) is 20.9. The van der Waals surface area contributed by atoms with E-state index in [1.165, 1.54) is 7.11 Å². The monoisotopic (exact) mass is 398 g/mol. The molecule has 3 aliphatic carbocycles. The second kappa shape index (κ2) is 7.33. The third-order valence-electron chi connectivity index (χ3n) is 8.68. The molecule has 1 aromatic carbocycles. The Morgan fingerprint density at radius 2 is 1.90 bits per heavy atom. The average molecular weight is 399 g/mol. The SMILES string of the molecule is C=C1[C@@H]2[C@@H](CO)C[C@](C(=O)CCc3ccccc3)([C@@]2(O)OC)[C@@]1(C)C1CCCC1. The number of hydrogen-bond acceptors (Lipinski definition) is 4. The number of aliphatic hydroxyl groups is 2. The lowest BCUT2D eigenvalue weighted by molar-refractivity contribution is -0.258. The van der Waals surface area contributed by atoms with Crippen molar-refractivity contribution in [1.29, 1.82) is 0 Å². The maximum absolute atomic E-state index is 14.0. The molecule has 4 nitrogen and oxygen atoms in total. The summed E-state index contributed by atoms with van der Waals surface area (Å²) in [6, 6.07) is 10.0. The van der Waals surface area contributed by atoms with E-state index < -0.39 is 22.5 Å². The van der Waals surface area contributed by atoms with Crippen molar-refractivity contribution in [3.63, 3.8) is 0 Å². The number of methoxy groups -OCH3 is 1. The molecule has 2 bridgehead atoms. The normalized spacial score (nSPS) is 39.4. The van der Waals surface area contributed by atoms with Crippen LogP contribution in [0.5, 0.6) is 0 Å². The number of ketones is 1. The van der Waals surface area contributed by atoms with Gasteiger partial charge in [0.2, 0.25) is 0 Å². The molecule has 0 saturated heterocycles. The molecule has 158 valence electrons. The largest absolute Gasteiger partial charge is 0.396 e. The average Bonchev–Trinajstić information content (AvgIpc) is 3.40. The molecule has 3 saturated carbocycles. The van der Waals surface area contributed by atoms with Crippen LogP contribution >= 0.6 is 0 Å². The summed E-state index contributed by atoms with van der Waals surface area (Å²) in [7, 11) is 1.50. The molecule has 5 atom stereocenters. The first-order chi connectivity index (χ1) is 13.9. The predicted octanol–water partition coefficient (Wildman–Crippen LogP) is 3.90. The summed E-state index contributed by atoms with van der Waals surface area (Å²) in [4.78, 5) is 14.0. The molecule has 3 aliphatic rings. The highest BCUT2D eigenvalue weighted by Crippen LogP contribution is 2.76. The lowest BCUT2D eigenvalue weighted by Gasteiger charge is -2.51. The minimum Gasteiger partial charge on any atom is -0.396 e. The van der Waals surface area contributed by atoms with Crippen LogP contribution in [-0.4, -0.2) is 35.5 Å². The van der Waals surface area contributed by atoms with Gasteiger partial charge < -0.3 is 14.9 Å². The summed E-state index contributed by atoms with van der Waals surface area (Å²) < 4.78 is 5.78. The number of rotatable bonds is 7. The van der Waals surface area contributed by atoms with Crippen LogP contribution in [-0.2, 0) is 16.0 Å². The van der Waals surface area contributed by atoms with E-state index in [1.54, 1.807) is 0 Å². The highest BCUT2D eigenvalue weighted by Gasteiger charge is 2.81. The molecule has 4 rings (SSSR count). The van der Waals surface area contributed by atoms with Crippen LogP contribution in [0.4, 0.5) is 0 Å². The van der Waals surface area contributed by atoms with Gasteiger partial charge in [-0.05, 0) is 43.1 Å². The first kappa shape index (κ1) is 20.8. The summed E-state index contributed by atoms with van der Waals surface area (Å²) >= 11 is 0. The molecular weight excluding hydrogens is 364 g/mol. The Labute approximate surface area is 174 Å². The van der Waals surface area contributed by atoms with E-state index in [0.29, 0.717) is 25.2 Å². The van der Waals surface area contributed by atoms with Crippen LogP contribution in [0.3, 0.4) is 0 Å². The van der Waals surface area contributed by atoms with Crippen molar-refractivity contribution in [3.05, 3.63) is 48.0 Å². The van der Waals surface area contributed by atoms with Crippen molar-refractivity contribution < 1.29 is 19.7 Å². The van der Waals surface area contributed by atoms with Crippen molar-refractivity contribution in [3.8, 4) is 0 Å². The molecule has 29 heavy (non-hydrogen) atoms. The second-order valence-corrected chi connectivity index (χ2v) is 9.55. The minimum absolute atomic E-state index is 0.0553. The van der Waals surface area contributed by atoms with E-state index in [0.717, 1.165) is 36.8 Å². The van der Waals surface area contributed by atoms with Gasteiger partial charge in [0, 0.05) is 31.5 Å². The molecule has 0 heterocycles. The quantitative estimate of drug-likeness (QED) is 0.540. The standard InChI is InChI=1S/C25H34O4/c1-17-22-19(16-26)15-24(25(22,28)29-3,23(17,2)20-11-7-8-12-20)21(27)14-13-18-9-5-4-6-10-18/h4-6,9-10,19-20,22,26,28H,1,7-8,11-16H2,2-3H3/t19-,22-,23-,24-,25+/m1/s1. The molecule has 4 heteroatoms. The van der Waals surface area contributed by atoms with E-state index in [-0.39, 0.29) is 18.3 Å². The number of fused-ring (bicyclic) bond motifs is 2. The zero-order valence-corrected chi connectivity index (χ0v) is 17.7. The summed E-state index contributed by atoms with van der Waals surface area (Å²) in [6.45, 7) is 6.50. The van der Waals surface area contributed by atoms with Crippen LogP contribution in [0, 0.1) is 28.6 Å². The van der Waals surface area contributed by atoms with Crippen molar-refractivity contribution in [2.45, 2.75) is 57.7 Å². The van der Waals surface area contributed by atoms with E-state index >= 15 is 0 Å². The van der Waals surface area contributed by atoms with Crippen LogP contribution in [0.25, 0.3) is 0 Å². The summed E-state index contributed by atoms with van der Waals surface area (Å²) in [5, 5.41) is 21.9. The number of hydrogen-bond donors (Lipinski definition) is 2.